The standard InChI is InChI=1S/C17H24BrN3/c1-3-9-19-16(10-14-12-20-21(4-2)13-14)11-15-7-5-6-8-17(15)18/h5-8,12-13,16,19H,3-4,9-11H2,1-2H3. The summed E-state index contributed by atoms with van der Waals surface area (Å²) in [4.78, 5) is 0. The van der Waals surface area contributed by atoms with Gasteiger partial charge in [-0.05, 0) is 49.9 Å². The molecule has 4 heteroatoms. The Kier molecular flexibility index (Phi) is 6.46. The first-order valence-corrected chi connectivity index (χ1v) is 8.50. The Morgan fingerprint density at radius 2 is 2.05 bits per heavy atom. The number of rotatable bonds is 8. The maximum absolute atomic E-state index is 4.37. The molecule has 1 aromatic heterocycles. The second-order valence-electron chi connectivity index (χ2n) is 5.35. The van der Waals surface area contributed by atoms with Gasteiger partial charge in [0.05, 0.1) is 6.20 Å². The van der Waals surface area contributed by atoms with Crippen LogP contribution in [0.1, 0.15) is 31.4 Å². The van der Waals surface area contributed by atoms with Crippen molar-refractivity contribution in [2.75, 3.05) is 6.54 Å². The fraction of sp³-hybridized carbons (Fsp3) is 0.471. The van der Waals surface area contributed by atoms with Crippen LogP contribution in [0.5, 0.6) is 0 Å². The van der Waals surface area contributed by atoms with E-state index in [2.05, 4.69) is 70.7 Å². The first-order chi connectivity index (χ1) is 10.2. The van der Waals surface area contributed by atoms with Crippen LogP contribution in [-0.2, 0) is 19.4 Å². The molecule has 1 unspecified atom stereocenters. The summed E-state index contributed by atoms with van der Waals surface area (Å²) in [6.07, 6.45) is 7.34. The van der Waals surface area contributed by atoms with Gasteiger partial charge in [-0.25, -0.2) is 0 Å². The van der Waals surface area contributed by atoms with Gasteiger partial charge in [-0.3, -0.25) is 4.68 Å². The van der Waals surface area contributed by atoms with Gasteiger partial charge in [0.2, 0.25) is 0 Å². The minimum atomic E-state index is 0.443. The van der Waals surface area contributed by atoms with Crippen molar-refractivity contribution >= 4 is 15.9 Å². The van der Waals surface area contributed by atoms with E-state index in [1.54, 1.807) is 0 Å². The van der Waals surface area contributed by atoms with Crippen LogP contribution in [0.2, 0.25) is 0 Å². The van der Waals surface area contributed by atoms with E-state index in [1.165, 1.54) is 15.6 Å². The highest BCUT2D eigenvalue weighted by Gasteiger charge is 2.12. The predicted octanol–water partition coefficient (Wildman–Crippen LogP) is 3.82. The first kappa shape index (κ1) is 16.2. The summed E-state index contributed by atoms with van der Waals surface area (Å²) < 4.78 is 3.18. The van der Waals surface area contributed by atoms with Gasteiger partial charge in [0.25, 0.3) is 0 Å². The molecule has 2 rings (SSSR count). The van der Waals surface area contributed by atoms with Gasteiger partial charge in [0.15, 0.2) is 0 Å². The van der Waals surface area contributed by atoms with Crippen LogP contribution in [0.25, 0.3) is 0 Å². The van der Waals surface area contributed by atoms with E-state index in [-0.39, 0.29) is 0 Å². The summed E-state index contributed by atoms with van der Waals surface area (Å²) in [7, 11) is 0. The van der Waals surface area contributed by atoms with Crippen molar-refractivity contribution in [3.8, 4) is 0 Å². The molecule has 0 aliphatic carbocycles. The van der Waals surface area contributed by atoms with Crippen molar-refractivity contribution in [2.24, 2.45) is 0 Å². The molecule has 0 radical (unpaired) electrons. The van der Waals surface area contributed by atoms with Gasteiger partial charge in [-0.1, -0.05) is 41.1 Å². The lowest BCUT2D eigenvalue weighted by molar-refractivity contribution is 0.504. The predicted molar refractivity (Wildman–Crippen MR) is 91.5 cm³/mol. The maximum Gasteiger partial charge on any atom is 0.0522 e. The Labute approximate surface area is 135 Å². The minimum absolute atomic E-state index is 0.443. The number of hydrogen-bond donors (Lipinski definition) is 1. The normalized spacial score (nSPS) is 12.5. The lowest BCUT2D eigenvalue weighted by Crippen LogP contribution is -2.33. The van der Waals surface area contributed by atoms with Gasteiger partial charge in [-0.2, -0.15) is 5.10 Å². The topological polar surface area (TPSA) is 29.9 Å². The third-order valence-corrected chi connectivity index (χ3v) is 4.37. The number of nitrogens with one attached hydrogen (secondary N) is 1. The third-order valence-electron chi connectivity index (χ3n) is 3.60. The van der Waals surface area contributed by atoms with E-state index >= 15 is 0 Å². The molecule has 21 heavy (non-hydrogen) atoms. The molecule has 0 aliphatic rings. The van der Waals surface area contributed by atoms with Crippen LogP contribution in [0.3, 0.4) is 0 Å². The minimum Gasteiger partial charge on any atom is -0.313 e. The van der Waals surface area contributed by atoms with Crippen LogP contribution >= 0.6 is 15.9 Å². The highest BCUT2D eigenvalue weighted by Crippen LogP contribution is 2.18. The highest BCUT2D eigenvalue weighted by atomic mass is 79.9. The smallest absolute Gasteiger partial charge is 0.0522 e. The lowest BCUT2D eigenvalue weighted by Gasteiger charge is -2.18. The SMILES string of the molecule is CCCNC(Cc1cnn(CC)c1)Cc1ccccc1Br. The first-order valence-electron chi connectivity index (χ1n) is 7.71. The van der Waals surface area contributed by atoms with Crippen molar-refractivity contribution in [2.45, 2.75) is 45.7 Å². The van der Waals surface area contributed by atoms with E-state index in [1.807, 2.05) is 10.9 Å². The van der Waals surface area contributed by atoms with Crippen LogP contribution in [0, 0.1) is 0 Å². The molecule has 0 saturated heterocycles. The van der Waals surface area contributed by atoms with Gasteiger partial charge >= 0.3 is 0 Å². The Bertz CT molecular complexity index is 550. The van der Waals surface area contributed by atoms with Crippen molar-refractivity contribution < 1.29 is 0 Å². The van der Waals surface area contributed by atoms with Gasteiger partial charge in [0.1, 0.15) is 0 Å². The van der Waals surface area contributed by atoms with Crippen LogP contribution < -0.4 is 5.32 Å². The molecule has 1 atom stereocenters. The Morgan fingerprint density at radius 3 is 2.71 bits per heavy atom. The van der Waals surface area contributed by atoms with Gasteiger partial charge in [-0.15, -0.1) is 0 Å². The zero-order valence-electron chi connectivity index (χ0n) is 12.8. The van der Waals surface area contributed by atoms with E-state index in [9.17, 15) is 0 Å². The molecule has 0 fully saturated rings. The van der Waals surface area contributed by atoms with Gasteiger partial charge < -0.3 is 5.32 Å². The largest absolute Gasteiger partial charge is 0.313 e. The number of benzene rings is 1. The average molecular weight is 350 g/mol. The van der Waals surface area contributed by atoms with E-state index in [0.717, 1.165) is 32.4 Å². The number of halogens is 1. The van der Waals surface area contributed by atoms with Crippen LogP contribution in [0.4, 0.5) is 0 Å². The summed E-state index contributed by atoms with van der Waals surface area (Å²) in [5, 5.41) is 8.04. The zero-order valence-corrected chi connectivity index (χ0v) is 14.4. The zero-order chi connectivity index (χ0) is 15.1. The van der Waals surface area contributed by atoms with Crippen LogP contribution in [-0.4, -0.2) is 22.4 Å². The summed E-state index contributed by atoms with van der Waals surface area (Å²) in [6, 6.07) is 8.92. The molecule has 1 heterocycles. The van der Waals surface area contributed by atoms with Crippen molar-refractivity contribution in [1.29, 1.82) is 0 Å². The summed E-state index contributed by atoms with van der Waals surface area (Å²) in [5.74, 6) is 0. The number of aromatic nitrogens is 2. The second-order valence-corrected chi connectivity index (χ2v) is 6.21. The number of hydrogen-bond acceptors (Lipinski definition) is 2. The molecular formula is C17H24BrN3. The Hall–Kier alpha value is -1.13. The fourth-order valence-electron chi connectivity index (χ4n) is 2.46. The number of aryl methyl sites for hydroxylation is 1. The second kappa shape index (κ2) is 8.35. The van der Waals surface area contributed by atoms with E-state index < -0.39 is 0 Å². The fourth-order valence-corrected chi connectivity index (χ4v) is 2.91. The van der Waals surface area contributed by atoms with Crippen molar-refractivity contribution in [3.05, 3.63) is 52.3 Å². The molecule has 0 bridgehead atoms. The van der Waals surface area contributed by atoms with Crippen molar-refractivity contribution in [3.63, 3.8) is 0 Å². The van der Waals surface area contributed by atoms with Gasteiger partial charge in [0, 0.05) is 23.3 Å². The molecule has 3 nitrogen and oxygen atoms in total. The molecule has 2 aromatic rings. The molecule has 1 N–H and O–H groups in total. The quantitative estimate of drug-likeness (QED) is 0.784. The van der Waals surface area contributed by atoms with E-state index in [4.69, 9.17) is 0 Å². The molecule has 114 valence electrons. The third kappa shape index (κ3) is 4.97. The molecule has 0 amide bonds. The Morgan fingerprint density at radius 1 is 1.24 bits per heavy atom. The molecule has 0 aliphatic heterocycles. The molecule has 1 aromatic carbocycles. The van der Waals surface area contributed by atoms with Crippen molar-refractivity contribution in [1.82, 2.24) is 15.1 Å². The summed E-state index contributed by atoms with van der Waals surface area (Å²) in [5.41, 5.74) is 2.66. The van der Waals surface area contributed by atoms with E-state index in [0.29, 0.717) is 6.04 Å². The highest BCUT2D eigenvalue weighted by molar-refractivity contribution is 9.10. The molecule has 0 spiro atoms. The Balaban J connectivity index is 2.05. The molecule has 0 saturated carbocycles. The van der Waals surface area contributed by atoms with Crippen LogP contribution in [0.15, 0.2) is 41.1 Å². The molecular weight excluding hydrogens is 326 g/mol. The number of nitrogens with zero attached hydrogens (tertiary/aromatic N) is 2. The summed E-state index contributed by atoms with van der Waals surface area (Å²) >= 11 is 3.65. The lowest BCUT2D eigenvalue weighted by atomic mass is 10.0. The monoisotopic (exact) mass is 349 g/mol. The average Bonchev–Trinajstić information content (AvgIpc) is 2.94. The maximum atomic E-state index is 4.37. The summed E-state index contributed by atoms with van der Waals surface area (Å²) in [6.45, 7) is 6.30.